The summed E-state index contributed by atoms with van der Waals surface area (Å²) in [5.74, 6) is -0.563. The number of urea groups is 1. The van der Waals surface area contributed by atoms with Crippen molar-refractivity contribution in [3.63, 3.8) is 0 Å². The highest BCUT2D eigenvalue weighted by Crippen LogP contribution is 2.28. The number of benzene rings is 2. The fourth-order valence-corrected chi connectivity index (χ4v) is 4.12. The molecule has 2 aromatic carbocycles. The van der Waals surface area contributed by atoms with E-state index in [1.807, 2.05) is 24.4 Å². The quantitative estimate of drug-likeness (QED) is 0.412. The number of aromatic amines is 1. The Morgan fingerprint density at radius 1 is 1.29 bits per heavy atom. The van der Waals surface area contributed by atoms with E-state index in [4.69, 9.17) is 11.6 Å². The van der Waals surface area contributed by atoms with Gasteiger partial charge in [-0.25, -0.2) is 14.2 Å². The molecule has 0 aliphatic heterocycles. The van der Waals surface area contributed by atoms with Gasteiger partial charge in [0.1, 0.15) is 5.82 Å². The Labute approximate surface area is 186 Å². The molecule has 2 aromatic heterocycles. The lowest BCUT2D eigenvalue weighted by molar-refractivity contribution is 0.189. The lowest BCUT2D eigenvalue weighted by Crippen LogP contribution is -2.37. The van der Waals surface area contributed by atoms with Crippen LogP contribution in [0.5, 0.6) is 0 Å². The van der Waals surface area contributed by atoms with Crippen molar-refractivity contribution >= 4 is 45.4 Å². The van der Waals surface area contributed by atoms with Gasteiger partial charge in [-0.1, -0.05) is 29.8 Å². The zero-order valence-electron chi connectivity index (χ0n) is 16.4. The normalized spacial score (nSPS) is 12.0. The Hall–Kier alpha value is -3.23. The number of aromatic nitrogens is 2. The molecule has 2 N–H and O–H groups in total. The van der Waals surface area contributed by atoms with Crippen LogP contribution in [0.4, 0.5) is 14.9 Å². The number of thiazole rings is 1. The third kappa shape index (κ3) is 4.45. The van der Waals surface area contributed by atoms with E-state index in [0.29, 0.717) is 11.1 Å². The lowest BCUT2D eigenvalue weighted by Gasteiger charge is -2.30. The summed E-state index contributed by atoms with van der Waals surface area (Å²) >= 11 is 7.29. The van der Waals surface area contributed by atoms with E-state index < -0.39 is 17.9 Å². The minimum atomic E-state index is -0.563. The number of rotatable bonds is 5. The van der Waals surface area contributed by atoms with Crippen LogP contribution in [0, 0.1) is 5.82 Å². The Kier molecular flexibility index (Phi) is 6.01. The van der Waals surface area contributed by atoms with Crippen LogP contribution in [0.3, 0.4) is 0 Å². The van der Waals surface area contributed by atoms with Gasteiger partial charge in [0.15, 0.2) is 0 Å². The summed E-state index contributed by atoms with van der Waals surface area (Å²) in [5, 5.41) is 5.87. The minimum absolute atomic E-state index is 0.0801. The van der Waals surface area contributed by atoms with Crippen LogP contribution in [0.1, 0.15) is 24.2 Å². The zero-order valence-corrected chi connectivity index (χ0v) is 18.0. The first-order valence-electron chi connectivity index (χ1n) is 9.44. The van der Waals surface area contributed by atoms with Crippen LogP contribution in [-0.2, 0) is 6.54 Å². The molecule has 0 aliphatic rings. The van der Waals surface area contributed by atoms with Crippen LogP contribution < -0.4 is 10.9 Å². The molecule has 0 aliphatic carbocycles. The molecular formula is C22H18ClFN4O2S. The average Bonchev–Trinajstić information content (AvgIpc) is 3.28. The van der Waals surface area contributed by atoms with Crippen molar-refractivity contribution in [1.82, 2.24) is 14.9 Å². The molecule has 1 atom stereocenters. The van der Waals surface area contributed by atoms with Crippen molar-refractivity contribution < 1.29 is 9.18 Å². The number of carbonyl (C=O) groups is 1. The molecule has 0 radical (unpaired) electrons. The van der Waals surface area contributed by atoms with Gasteiger partial charge in [0, 0.05) is 22.7 Å². The predicted octanol–water partition coefficient (Wildman–Crippen LogP) is 5.57. The Bertz CT molecular complexity index is 1290. The number of nitrogens with zero attached hydrogens (tertiary/aromatic N) is 2. The SMILES string of the molecule is CC(c1c[nH]c(=O)c2ccccc12)N(Cc1cscn1)C(=O)Nc1ccc(F)c(Cl)c1. The number of anilines is 1. The molecule has 9 heteroatoms. The van der Waals surface area contributed by atoms with Gasteiger partial charge < -0.3 is 15.2 Å². The van der Waals surface area contributed by atoms with Gasteiger partial charge in [-0.3, -0.25) is 4.79 Å². The molecule has 31 heavy (non-hydrogen) atoms. The van der Waals surface area contributed by atoms with E-state index in [9.17, 15) is 14.0 Å². The van der Waals surface area contributed by atoms with Crippen molar-refractivity contribution in [2.24, 2.45) is 0 Å². The summed E-state index contributed by atoms with van der Waals surface area (Å²) in [7, 11) is 0. The van der Waals surface area contributed by atoms with Crippen LogP contribution in [-0.4, -0.2) is 20.9 Å². The third-order valence-electron chi connectivity index (χ3n) is 5.01. The van der Waals surface area contributed by atoms with Crippen molar-refractivity contribution in [2.75, 3.05) is 5.32 Å². The zero-order chi connectivity index (χ0) is 22.0. The molecule has 6 nitrogen and oxygen atoms in total. The summed E-state index contributed by atoms with van der Waals surface area (Å²) < 4.78 is 13.5. The number of fused-ring (bicyclic) bond motifs is 1. The van der Waals surface area contributed by atoms with E-state index in [2.05, 4.69) is 15.3 Å². The topological polar surface area (TPSA) is 78.1 Å². The average molecular weight is 457 g/mol. The molecule has 0 saturated carbocycles. The molecule has 2 heterocycles. The van der Waals surface area contributed by atoms with Gasteiger partial charge in [-0.15, -0.1) is 11.3 Å². The van der Waals surface area contributed by atoms with Crippen molar-refractivity contribution in [3.05, 3.63) is 92.0 Å². The smallest absolute Gasteiger partial charge is 0.322 e. The summed E-state index contributed by atoms with van der Waals surface area (Å²) in [6.07, 6.45) is 1.63. The Morgan fingerprint density at radius 3 is 2.77 bits per heavy atom. The number of pyridine rings is 1. The number of hydrogen-bond donors (Lipinski definition) is 2. The predicted molar refractivity (Wildman–Crippen MR) is 121 cm³/mol. The van der Waals surface area contributed by atoms with Crippen molar-refractivity contribution in [1.29, 1.82) is 0 Å². The summed E-state index contributed by atoms with van der Waals surface area (Å²) in [6.45, 7) is 2.13. The van der Waals surface area contributed by atoms with E-state index in [1.54, 1.807) is 28.7 Å². The highest BCUT2D eigenvalue weighted by atomic mass is 35.5. The number of hydrogen-bond acceptors (Lipinski definition) is 4. The molecule has 1 unspecified atom stereocenters. The second-order valence-corrected chi connectivity index (χ2v) is 8.09. The van der Waals surface area contributed by atoms with E-state index in [-0.39, 0.29) is 17.1 Å². The summed E-state index contributed by atoms with van der Waals surface area (Å²) in [5.41, 5.74) is 3.41. The highest BCUT2D eigenvalue weighted by Gasteiger charge is 2.25. The number of halogens is 2. The largest absolute Gasteiger partial charge is 0.328 e. The Morgan fingerprint density at radius 2 is 2.06 bits per heavy atom. The number of amides is 2. The highest BCUT2D eigenvalue weighted by molar-refractivity contribution is 7.07. The van der Waals surface area contributed by atoms with Gasteiger partial charge in [-0.05, 0) is 42.1 Å². The van der Waals surface area contributed by atoms with Crippen molar-refractivity contribution in [2.45, 2.75) is 19.5 Å². The molecule has 0 spiro atoms. The molecular weight excluding hydrogens is 439 g/mol. The van der Waals surface area contributed by atoms with Crippen LogP contribution in [0.25, 0.3) is 10.8 Å². The van der Waals surface area contributed by atoms with E-state index in [1.165, 1.54) is 29.5 Å². The first kappa shape index (κ1) is 21.0. The number of nitrogens with one attached hydrogen (secondary N) is 2. The third-order valence-corrected chi connectivity index (χ3v) is 5.93. The molecule has 4 aromatic rings. The summed E-state index contributed by atoms with van der Waals surface area (Å²) in [6, 6.07) is 10.4. The molecule has 4 rings (SSSR count). The maximum Gasteiger partial charge on any atom is 0.322 e. The van der Waals surface area contributed by atoms with E-state index >= 15 is 0 Å². The maximum absolute atomic E-state index is 13.5. The fraction of sp³-hybridized carbons (Fsp3) is 0.136. The minimum Gasteiger partial charge on any atom is -0.328 e. The first-order valence-corrected chi connectivity index (χ1v) is 10.8. The summed E-state index contributed by atoms with van der Waals surface area (Å²) in [4.78, 5) is 34.1. The van der Waals surface area contributed by atoms with E-state index in [0.717, 1.165) is 16.6 Å². The van der Waals surface area contributed by atoms with Crippen LogP contribution >= 0.6 is 22.9 Å². The molecule has 0 bridgehead atoms. The molecule has 2 amide bonds. The Balaban J connectivity index is 1.71. The van der Waals surface area contributed by atoms with Crippen molar-refractivity contribution in [3.8, 4) is 0 Å². The molecule has 0 saturated heterocycles. The number of H-pyrrole nitrogens is 1. The van der Waals surface area contributed by atoms with Gasteiger partial charge in [0.05, 0.1) is 28.8 Å². The standard InChI is InChI=1S/C22H18ClFN4O2S/c1-13(18-9-25-21(29)17-5-3-2-4-16(17)18)28(10-15-11-31-12-26-15)22(30)27-14-6-7-20(24)19(23)8-14/h2-9,11-13H,10H2,1H3,(H,25,29)(H,27,30). The first-order chi connectivity index (χ1) is 14.9. The van der Waals surface area contributed by atoms with Gasteiger partial charge in [-0.2, -0.15) is 0 Å². The number of carbonyl (C=O) groups excluding carboxylic acids is 1. The van der Waals surface area contributed by atoms with Crippen LogP contribution in [0.15, 0.2) is 64.3 Å². The second kappa shape index (κ2) is 8.87. The van der Waals surface area contributed by atoms with Gasteiger partial charge in [0.2, 0.25) is 0 Å². The maximum atomic E-state index is 13.5. The second-order valence-electron chi connectivity index (χ2n) is 6.96. The lowest BCUT2D eigenvalue weighted by atomic mass is 10.0. The monoisotopic (exact) mass is 456 g/mol. The van der Waals surface area contributed by atoms with Gasteiger partial charge in [0.25, 0.3) is 5.56 Å². The molecule has 0 fully saturated rings. The molecule has 158 valence electrons. The van der Waals surface area contributed by atoms with Gasteiger partial charge >= 0.3 is 6.03 Å². The van der Waals surface area contributed by atoms with Crippen LogP contribution in [0.2, 0.25) is 5.02 Å². The fourth-order valence-electron chi connectivity index (χ4n) is 3.39.